The molecule has 24 heavy (non-hydrogen) atoms. The first-order valence-electron chi connectivity index (χ1n) is 7.39. The van der Waals surface area contributed by atoms with Crippen LogP contribution in [0, 0.1) is 12.7 Å². The SMILES string of the molecule is COC(=O)[C@@H](C)Sc1nc(C)c(Cc2ccc(F)cc2)c(=O)n1C. The number of rotatable bonds is 5. The average Bonchev–Trinajstić information content (AvgIpc) is 2.57. The van der Waals surface area contributed by atoms with Gasteiger partial charge in [0.25, 0.3) is 5.56 Å². The highest BCUT2D eigenvalue weighted by Gasteiger charge is 2.19. The second-order valence-corrected chi connectivity index (χ2v) is 6.72. The van der Waals surface area contributed by atoms with Gasteiger partial charge in [0, 0.05) is 24.7 Å². The molecule has 0 spiro atoms. The largest absolute Gasteiger partial charge is 0.468 e. The summed E-state index contributed by atoms with van der Waals surface area (Å²) < 4.78 is 19.1. The van der Waals surface area contributed by atoms with Gasteiger partial charge in [0.1, 0.15) is 11.1 Å². The Hall–Kier alpha value is -2.15. The topological polar surface area (TPSA) is 61.2 Å². The second kappa shape index (κ2) is 7.61. The molecule has 1 atom stereocenters. The molecular weight excluding hydrogens is 331 g/mol. The van der Waals surface area contributed by atoms with Crippen molar-refractivity contribution in [2.45, 2.75) is 30.7 Å². The lowest BCUT2D eigenvalue weighted by Gasteiger charge is -2.14. The fourth-order valence-corrected chi connectivity index (χ4v) is 3.16. The first kappa shape index (κ1) is 18.2. The summed E-state index contributed by atoms with van der Waals surface area (Å²) >= 11 is 1.18. The van der Waals surface area contributed by atoms with Gasteiger partial charge >= 0.3 is 5.97 Å². The molecule has 0 saturated heterocycles. The minimum atomic E-state index is -0.463. The maximum atomic E-state index is 13.0. The predicted molar refractivity (Wildman–Crippen MR) is 90.8 cm³/mol. The predicted octanol–water partition coefficient (Wildman–Crippen LogP) is 2.47. The van der Waals surface area contributed by atoms with Gasteiger partial charge in [-0.25, -0.2) is 9.37 Å². The van der Waals surface area contributed by atoms with E-state index in [-0.39, 0.29) is 17.3 Å². The summed E-state index contributed by atoms with van der Waals surface area (Å²) in [6.07, 6.45) is 0.378. The number of aryl methyl sites for hydroxylation is 1. The van der Waals surface area contributed by atoms with Crippen molar-refractivity contribution in [1.29, 1.82) is 0 Å². The Bertz CT molecular complexity index is 803. The first-order valence-corrected chi connectivity index (χ1v) is 8.27. The third-order valence-corrected chi connectivity index (χ3v) is 4.78. The molecule has 5 nitrogen and oxygen atoms in total. The normalized spacial score (nSPS) is 12.0. The molecule has 2 rings (SSSR count). The van der Waals surface area contributed by atoms with E-state index in [1.54, 1.807) is 33.0 Å². The van der Waals surface area contributed by atoms with Crippen LogP contribution in [-0.4, -0.2) is 27.9 Å². The lowest BCUT2D eigenvalue weighted by molar-refractivity contribution is -0.139. The van der Waals surface area contributed by atoms with Gasteiger partial charge in [0.2, 0.25) is 0 Å². The fraction of sp³-hybridized carbons (Fsp3) is 0.353. The highest BCUT2D eigenvalue weighted by molar-refractivity contribution is 8.00. The number of methoxy groups -OCH3 is 1. The quantitative estimate of drug-likeness (QED) is 0.471. The van der Waals surface area contributed by atoms with Crippen LogP contribution in [0.15, 0.2) is 34.2 Å². The lowest BCUT2D eigenvalue weighted by atomic mass is 10.1. The third kappa shape index (κ3) is 4.03. The summed E-state index contributed by atoms with van der Waals surface area (Å²) in [5.41, 5.74) is 1.81. The maximum Gasteiger partial charge on any atom is 0.318 e. The van der Waals surface area contributed by atoms with Gasteiger partial charge in [-0.2, -0.15) is 0 Å². The van der Waals surface area contributed by atoms with E-state index in [0.29, 0.717) is 22.8 Å². The summed E-state index contributed by atoms with van der Waals surface area (Å²) in [6, 6.07) is 6.03. The molecule has 1 aromatic heterocycles. The molecule has 7 heteroatoms. The monoisotopic (exact) mass is 350 g/mol. The molecule has 2 aromatic rings. The number of hydrogen-bond acceptors (Lipinski definition) is 5. The van der Waals surface area contributed by atoms with Crippen LogP contribution < -0.4 is 5.56 Å². The van der Waals surface area contributed by atoms with E-state index >= 15 is 0 Å². The van der Waals surface area contributed by atoms with Crippen molar-refractivity contribution >= 4 is 17.7 Å². The Kier molecular flexibility index (Phi) is 5.77. The number of thioether (sulfide) groups is 1. The van der Waals surface area contributed by atoms with Crippen LogP contribution in [0.4, 0.5) is 4.39 Å². The van der Waals surface area contributed by atoms with Gasteiger partial charge in [0.05, 0.1) is 7.11 Å². The van der Waals surface area contributed by atoms with Crippen molar-refractivity contribution in [3.63, 3.8) is 0 Å². The minimum Gasteiger partial charge on any atom is -0.468 e. The molecule has 1 heterocycles. The molecule has 1 aromatic carbocycles. The average molecular weight is 350 g/mol. The smallest absolute Gasteiger partial charge is 0.318 e. The zero-order chi connectivity index (χ0) is 17.9. The van der Waals surface area contributed by atoms with E-state index in [1.807, 2.05) is 0 Å². The van der Waals surface area contributed by atoms with E-state index in [9.17, 15) is 14.0 Å². The van der Waals surface area contributed by atoms with Gasteiger partial charge in [-0.05, 0) is 31.5 Å². The molecule has 0 saturated carbocycles. The molecule has 0 aliphatic rings. The fourth-order valence-electron chi connectivity index (χ4n) is 2.22. The van der Waals surface area contributed by atoms with Gasteiger partial charge < -0.3 is 4.74 Å². The summed E-state index contributed by atoms with van der Waals surface area (Å²) in [7, 11) is 2.94. The number of aromatic nitrogens is 2. The molecule has 0 aliphatic heterocycles. The number of halogens is 1. The van der Waals surface area contributed by atoms with Crippen molar-refractivity contribution in [1.82, 2.24) is 9.55 Å². The summed E-state index contributed by atoms with van der Waals surface area (Å²) in [5, 5.41) is -0.00583. The summed E-state index contributed by atoms with van der Waals surface area (Å²) in [6.45, 7) is 3.46. The van der Waals surface area contributed by atoms with Gasteiger partial charge in [0.15, 0.2) is 5.16 Å². The van der Waals surface area contributed by atoms with Crippen LogP contribution in [-0.2, 0) is 23.0 Å². The molecule has 0 unspecified atom stereocenters. The van der Waals surface area contributed by atoms with Crippen molar-refractivity contribution < 1.29 is 13.9 Å². The molecule has 0 fully saturated rings. The number of nitrogens with zero attached hydrogens (tertiary/aromatic N) is 2. The Labute approximate surface area is 143 Å². The van der Waals surface area contributed by atoms with Crippen LogP contribution >= 0.6 is 11.8 Å². The highest BCUT2D eigenvalue weighted by Crippen LogP contribution is 2.22. The Morgan fingerprint density at radius 1 is 1.38 bits per heavy atom. The zero-order valence-corrected chi connectivity index (χ0v) is 14.8. The first-order chi connectivity index (χ1) is 11.3. The minimum absolute atomic E-state index is 0.175. The lowest BCUT2D eigenvalue weighted by Crippen LogP contribution is -2.27. The van der Waals surface area contributed by atoms with Crippen LogP contribution in [0.2, 0.25) is 0 Å². The van der Waals surface area contributed by atoms with Crippen molar-refractivity contribution in [3.05, 3.63) is 57.3 Å². The second-order valence-electron chi connectivity index (χ2n) is 5.41. The summed E-state index contributed by atoms with van der Waals surface area (Å²) in [4.78, 5) is 28.6. The van der Waals surface area contributed by atoms with Crippen molar-refractivity contribution in [2.75, 3.05) is 7.11 Å². The third-order valence-electron chi connectivity index (χ3n) is 3.66. The standard InChI is InChI=1S/C17H19FN2O3S/c1-10-14(9-12-5-7-13(18)8-6-12)15(21)20(3)17(19-10)24-11(2)16(22)23-4/h5-8,11H,9H2,1-4H3/t11-/m1/s1. The maximum absolute atomic E-state index is 13.0. The molecule has 0 amide bonds. The zero-order valence-electron chi connectivity index (χ0n) is 14.0. The van der Waals surface area contributed by atoms with Crippen LogP contribution in [0.25, 0.3) is 0 Å². The molecule has 0 N–H and O–H groups in total. The molecule has 0 aliphatic carbocycles. The van der Waals surface area contributed by atoms with Crippen LogP contribution in [0.5, 0.6) is 0 Å². The van der Waals surface area contributed by atoms with E-state index in [1.165, 1.54) is 35.6 Å². The van der Waals surface area contributed by atoms with Crippen LogP contribution in [0.1, 0.15) is 23.7 Å². The highest BCUT2D eigenvalue weighted by atomic mass is 32.2. The van der Waals surface area contributed by atoms with Crippen molar-refractivity contribution in [3.8, 4) is 0 Å². The van der Waals surface area contributed by atoms with E-state index in [2.05, 4.69) is 4.98 Å². The molecule has 0 radical (unpaired) electrons. The van der Waals surface area contributed by atoms with E-state index in [4.69, 9.17) is 4.74 Å². The number of carbonyl (C=O) groups excluding carboxylic acids is 1. The number of hydrogen-bond donors (Lipinski definition) is 0. The number of benzene rings is 1. The number of ether oxygens (including phenoxy) is 1. The van der Waals surface area contributed by atoms with Gasteiger partial charge in [-0.3, -0.25) is 14.2 Å². The number of carbonyl (C=O) groups is 1. The van der Waals surface area contributed by atoms with E-state index < -0.39 is 5.25 Å². The molecule has 128 valence electrons. The molecule has 0 bridgehead atoms. The Balaban J connectivity index is 2.32. The summed E-state index contributed by atoms with van der Waals surface area (Å²) in [5.74, 6) is -0.688. The van der Waals surface area contributed by atoms with E-state index in [0.717, 1.165) is 5.56 Å². The Morgan fingerprint density at radius 2 is 2.00 bits per heavy atom. The molecular formula is C17H19FN2O3S. The Morgan fingerprint density at radius 3 is 2.58 bits per heavy atom. The van der Waals surface area contributed by atoms with Gasteiger partial charge in [-0.15, -0.1) is 0 Å². The van der Waals surface area contributed by atoms with Gasteiger partial charge in [-0.1, -0.05) is 23.9 Å². The number of esters is 1. The van der Waals surface area contributed by atoms with Crippen molar-refractivity contribution in [2.24, 2.45) is 7.05 Å². The van der Waals surface area contributed by atoms with Crippen LogP contribution in [0.3, 0.4) is 0 Å².